The van der Waals surface area contributed by atoms with Gasteiger partial charge < -0.3 is 15.7 Å². The fourth-order valence-corrected chi connectivity index (χ4v) is 1.78. The molecule has 0 saturated carbocycles. The lowest BCUT2D eigenvalue weighted by Gasteiger charge is -2.14. The van der Waals surface area contributed by atoms with Crippen molar-refractivity contribution in [1.82, 2.24) is 10.6 Å². The number of amides is 1. The molecule has 1 atom stereocenters. The van der Waals surface area contributed by atoms with Gasteiger partial charge in [-0.3, -0.25) is 4.79 Å². The summed E-state index contributed by atoms with van der Waals surface area (Å²) in [7, 11) is 0. The first-order valence-corrected chi connectivity index (χ1v) is 7.01. The summed E-state index contributed by atoms with van der Waals surface area (Å²) in [6, 6.07) is 3.44. The van der Waals surface area contributed by atoms with Crippen LogP contribution in [0.5, 0.6) is 0 Å². The largest absolute Gasteiger partial charge is 0.387 e. The minimum absolute atomic E-state index is 0.0185. The molecule has 0 bridgehead atoms. The first kappa shape index (κ1) is 17.5. The molecule has 1 unspecified atom stereocenters. The molecular weight excluding hydrogens is 278 g/mol. The molecule has 118 valence electrons. The van der Waals surface area contributed by atoms with Crippen molar-refractivity contribution in [2.75, 3.05) is 19.6 Å². The third-order valence-corrected chi connectivity index (χ3v) is 2.91. The number of hydrogen-bond acceptors (Lipinski definition) is 3. The molecular formula is C15H22F2N2O2. The van der Waals surface area contributed by atoms with Crippen molar-refractivity contribution < 1.29 is 18.7 Å². The number of rotatable bonds is 8. The van der Waals surface area contributed by atoms with Crippen LogP contribution in [-0.2, 0) is 4.79 Å². The van der Waals surface area contributed by atoms with Gasteiger partial charge in [0.05, 0.1) is 11.7 Å². The van der Waals surface area contributed by atoms with Gasteiger partial charge in [-0.15, -0.1) is 0 Å². The number of carbonyl (C=O) groups excluding carboxylic acids is 1. The fourth-order valence-electron chi connectivity index (χ4n) is 1.78. The summed E-state index contributed by atoms with van der Waals surface area (Å²) in [6.45, 7) is 4.92. The third-order valence-electron chi connectivity index (χ3n) is 2.91. The second-order valence-corrected chi connectivity index (χ2v) is 5.30. The lowest BCUT2D eigenvalue weighted by molar-refractivity contribution is -0.121. The van der Waals surface area contributed by atoms with Crippen LogP contribution in [0.3, 0.4) is 0 Å². The highest BCUT2D eigenvalue weighted by atomic mass is 19.1. The quantitative estimate of drug-likeness (QED) is 0.641. The molecule has 0 saturated heterocycles. The lowest BCUT2D eigenvalue weighted by Crippen LogP contribution is -2.31. The van der Waals surface area contributed by atoms with Crippen molar-refractivity contribution in [2.45, 2.75) is 26.4 Å². The van der Waals surface area contributed by atoms with Crippen LogP contribution in [0.15, 0.2) is 18.2 Å². The van der Waals surface area contributed by atoms with Crippen molar-refractivity contribution in [2.24, 2.45) is 5.92 Å². The Kier molecular flexibility index (Phi) is 7.25. The van der Waals surface area contributed by atoms with Crippen molar-refractivity contribution in [3.63, 3.8) is 0 Å². The first-order valence-electron chi connectivity index (χ1n) is 7.01. The van der Waals surface area contributed by atoms with Gasteiger partial charge in [0, 0.05) is 26.1 Å². The monoisotopic (exact) mass is 300 g/mol. The second-order valence-electron chi connectivity index (χ2n) is 5.30. The number of hydrogen-bond donors (Lipinski definition) is 3. The van der Waals surface area contributed by atoms with Gasteiger partial charge in [-0.1, -0.05) is 19.9 Å². The van der Waals surface area contributed by atoms with E-state index in [1.807, 2.05) is 13.8 Å². The predicted octanol–water partition coefficient (Wildman–Crippen LogP) is 1.75. The Bertz CT molecular complexity index is 447. The maximum Gasteiger partial charge on any atom is 0.221 e. The van der Waals surface area contributed by atoms with Gasteiger partial charge in [-0.25, -0.2) is 8.78 Å². The van der Waals surface area contributed by atoms with Crippen LogP contribution in [0, 0.1) is 17.6 Å². The maximum absolute atomic E-state index is 13.4. The van der Waals surface area contributed by atoms with E-state index < -0.39 is 17.7 Å². The zero-order valence-electron chi connectivity index (χ0n) is 12.3. The van der Waals surface area contributed by atoms with E-state index in [9.17, 15) is 18.7 Å². The Morgan fingerprint density at radius 1 is 1.24 bits per heavy atom. The van der Waals surface area contributed by atoms with Gasteiger partial charge in [0.25, 0.3) is 0 Å². The number of carbonyl (C=O) groups is 1. The van der Waals surface area contributed by atoms with Crippen molar-refractivity contribution in [1.29, 1.82) is 0 Å². The Morgan fingerprint density at radius 2 is 1.86 bits per heavy atom. The van der Waals surface area contributed by atoms with E-state index in [-0.39, 0.29) is 24.4 Å². The third kappa shape index (κ3) is 6.18. The van der Waals surface area contributed by atoms with Crippen LogP contribution in [0.2, 0.25) is 0 Å². The predicted molar refractivity (Wildman–Crippen MR) is 76.7 cm³/mol. The van der Waals surface area contributed by atoms with Gasteiger partial charge in [0.1, 0.15) is 11.6 Å². The van der Waals surface area contributed by atoms with Crippen molar-refractivity contribution >= 4 is 5.91 Å². The molecule has 1 aromatic carbocycles. The summed E-state index contributed by atoms with van der Waals surface area (Å²) in [6.07, 6.45) is -1.04. The number of benzene rings is 1. The van der Waals surface area contributed by atoms with Gasteiger partial charge >= 0.3 is 0 Å². The van der Waals surface area contributed by atoms with Crippen LogP contribution < -0.4 is 10.6 Å². The molecule has 0 aliphatic rings. The van der Waals surface area contributed by atoms with Crippen LogP contribution >= 0.6 is 0 Å². The van der Waals surface area contributed by atoms with Gasteiger partial charge in [-0.2, -0.15) is 0 Å². The molecule has 0 fully saturated rings. The molecule has 0 aliphatic carbocycles. The number of halogens is 2. The number of aliphatic hydroxyl groups is 1. The summed E-state index contributed by atoms with van der Waals surface area (Å²) in [5.41, 5.74) is -0.353. The van der Waals surface area contributed by atoms with Crippen LogP contribution in [0.1, 0.15) is 31.9 Å². The lowest BCUT2D eigenvalue weighted by atomic mass is 10.1. The maximum atomic E-state index is 13.4. The highest BCUT2D eigenvalue weighted by molar-refractivity contribution is 5.76. The SMILES string of the molecule is CC(C)CNC(=O)CCNCC(O)c1c(F)cccc1F. The fraction of sp³-hybridized carbons (Fsp3) is 0.533. The van der Waals surface area contributed by atoms with E-state index in [2.05, 4.69) is 10.6 Å². The van der Waals surface area contributed by atoms with Crippen LogP contribution in [-0.4, -0.2) is 30.6 Å². The first-order chi connectivity index (χ1) is 9.91. The zero-order valence-corrected chi connectivity index (χ0v) is 12.3. The standard InChI is InChI=1S/C15H22F2N2O2/c1-10(2)8-19-14(21)6-7-18-9-13(20)15-11(16)4-3-5-12(15)17/h3-5,10,13,18,20H,6-9H2,1-2H3,(H,19,21). The van der Waals surface area contributed by atoms with Gasteiger partial charge in [-0.05, 0) is 18.1 Å². The molecule has 0 spiro atoms. The Hall–Kier alpha value is -1.53. The normalized spacial score (nSPS) is 12.5. The number of aliphatic hydroxyl groups excluding tert-OH is 1. The summed E-state index contributed by atoms with van der Waals surface area (Å²) in [5.74, 6) is -1.27. The van der Waals surface area contributed by atoms with Crippen LogP contribution in [0.25, 0.3) is 0 Å². The van der Waals surface area contributed by atoms with Crippen LogP contribution in [0.4, 0.5) is 8.78 Å². The minimum atomic E-state index is -1.29. The highest BCUT2D eigenvalue weighted by Gasteiger charge is 2.17. The van der Waals surface area contributed by atoms with E-state index in [4.69, 9.17) is 0 Å². The van der Waals surface area contributed by atoms with Crippen molar-refractivity contribution in [3.8, 4) is 0 Å². The molecule has 6 heteroatoms. The summed E-state index contributed by atoms with van der Waals surface area (Å²) in [4.78, 5) is 11.4. The summed E-state index contributed by atoms with van der Waals surface area (Å²) < 4.78 is 26.8. The van der Waals surface area contributed by atoms with Crippen molar-refractivity contribution in [3.05, 3.63) is 35.4 Å². The molecule has 4 nitrogen and oxygen atoms in total. The average Bonchev–Trinajstić information content (AvgIpc) is 2.41. The van der Waals surface area contributed by atoms with Gasteiger partial charge in [0.2, 0.25) is 5.91 Å². The molecule has 0 heterocycles. The molecule has 21 heavy (non-hydrogen) atoms. The Labute approximate surface area is 123 Å². The topological polar surface area (TPSA) is 61.4 Å². The van der Waals surface area contributed by atoms with E-state index in [1.54, 1.807) is 0 Å². The average molecular weight is 300 g/mol. The second kappa shape index (κ2) is 8.69. The Balaban J connectivity index is 2.31. The van der Waals surface area contributed by atoms with E-state index in [0.717, 1.165) is 12.1 Å². The minimum Gasteiger partial charge on any atom is -0.387 e. The smallest absolute Gasteiger partial charge is 0.221 e. The zero-order chi connectivity index (χ0) is 15.8. The molecule has 1 rings (SSSR count). The van der Waals surface area contributed by atoms with E-state index in [0.29, 0.717) is 19.0 Å². The molecule has 0 aliphatic heterocycles. The molecule has 1 aromatic rings. The summed E-state index contributed by atoms with van der Waals surface area (Å²) >= 11 is 0. The highest BCUT2D eigenvalue weighted by Crippen LogP contribution is 2.19. The van der Waals surface area contributed by atoms with E-state index in [1.165, 1.54) is 6.07 Å². The van der Waals surface area contributed by atoms with Gasteiger partial charge in [0.15, 0.2) is 0 Å². The van der Waals surface area contributed by atoms with E-state index >= 15 is 0 Å². The molecule has 0 aromatic heterocycles. The molecule has 0 radical (unpaired) electrons. The molecule has 3 N–H and O–H groups in total. The molecule has 1 amide bonds. The Morgan fingerprint density at radius 3 is 2.43 bits per heavy atom. The number of nitrogens with one attached hydrogen (secondary N) is 2. The summed E-state index contributed by atoms with van der Waals surface area (Å²) in [5, 5.41) is 15.4.